The molecule has 5 heteroatoms. The normalized spacial score (nSPS) is 12.3. The van der Waals surface area contributed by atoms with Crippen molar-refractivity contribution in [1.82, 2.24) is 15.0 Å². The Bertz CT molecular complexity index is 649. The average molecular weight is 272 g/mol. The topological polar surface area (TPSA) is 84.7 Å². The van der Waals surface area contributed by atoms with E-state index in [1.54, 1.807) is 18.5 Å². The average Bonchev–Trinajstić information content (AvgIpc) is 2.75. The number of nitrogens with two attached hydrogens (primary N) is 1. The predicted molar refractivity (Wildman–Crippen MR) is 79.9 cm³/mol. The second kappa shape index (κ2) is 5.45. The van der Waals surface area contributed by atoms with Gasteiger partial charge in [0.2, 0.25) is 5.91 Å². The van der Waals surface area contributed by atoms with E-state index in [0.29, 0.717) is 5.65 Å². The van der Waals surface area contributed by atoms with Gasteiger partial charge in [-0.1, -0.05) is 20.8 Å². The third-order valence-electron chi connectivity index (χ3n) is 3.02. The molecule has 3 N–H and O–H groups in total. The van der Waals surface area contributed by atoms with E-state index < -0.39 is 5.91 Å². The predicted octanol–water partition coefficient (Wildman–Crippen LogP) is 2.44. The fourth-order valence-corrected chi connectivity index (χ4v) is 1.87. The fraction of sp³-hybridized carbons (Fsp3) is 0.400. The highest BCUT2D eigenvalue weighted by Crippen LogP contribution is 2.22. The van der Waals surface area contributed by atoms with Crippen LogP contribution in [0.3, 0.4) is 0 Å². The maximum atomic E-state index is 10.8. The van der Waals surface area contributed by atoms with Gasteiger partial charge in [0.1, 0.15) is 5.52 Å². The third-order valence-corrected chi connectivity index (χ3v) is 3.02. The molecule has 0 radical (unpaired) electrons. The number of carbonyl (C=O) groups excluding carboxylic acids is 1. The quantitative estimate of drug-likeness (QED) is 0.838. The van der Waals surface area contributed by atoms with E-state index in [1.165, 1.54) is 6.08 Å². The molecule has 2 heterocycles. The number of aromatic nitrogens is 3. The van der Waals surface area contributed by atoms with Crippen molar-refractivity contribution in [2.75, 3.05) is 0 Å². The van der Waals surface area contributed by atoms with Crippen molar-refractivity contribution in [3.8, 4) is 0 Å². The summed E-state index contributed by atoms with van der Waals surface area (Å²) in [7, 11) is 0. The fourth-order valence-electron chi connectivity index (χ4n) is 1.87. The van der Waals surface area contributed by atoms with Gasteiger partial charge in [-0.15, -0.1) is 0 Å². The van der Waals surface area contributed by atoms with E-state index in [0.717, 1.165) is 29.6 Å². The molecule has 2 aromatic heterocycles. The van der Waals surface area contributed by atoms with Crippen LogP contribution in [0.5, 0.6) is 0 Å². The van der Waals surface area contributed by atoms with E-state index in [9.17, 15) is 4.79 Å². The van der Waals surface area contributed by atoms with Crippen LogP contribution in [0.1, 0.15) is 38.4 Å². The maximum absolute atomic E-state index is 10.8. The van der Waals surface area contributed by atoms with Crippen LogP contribution in [0.15, 0.2) is 18.5 Å². The van der Waals surface area contributed by atoms with Gasteiger partial charge in [0.15, 0.2) is 5.65 Å². The summed E-state index contributed by atoms with van der Waals surface area (Å²) in [4.78, 5) is 22.8. The number of primary amides is 1. The number of aromatic amines is 1. The lowest BCUT2D eigenvalue weighted by Crippen LogP contribution is -2.07. The Morgan fingerprint density at radius 2 is 2.20 bits per heavy atom. The summed E-state index contributed by atoms with van der Waals surface area (Å²) in [6.07, 6.45) is 8.49. The summed E-state index contributed by atoms with van der Waals surface area (Å²) < 4.78 is 0. The molecule has 0 saturated heterocycles. The molecule has 0 aliphatic carbocycles. The first-order chi connectivity index (χ1) is 9.35. The second-order valence-electron chi connectivity index (χ2n) is 6.10. The van der Waals surface area contributed by atoms with E-state index >= 15 is 0 Å². The Kier molecular flexibility index (Phi) is 3.88. The number of nitrogens with zero attached hydrogens (tertiary/aromatic N) is 2. The molecule has 0 bridgehead atoms. The van der Waals surface area contributed by atoms with Crippen LogP contribution < -0.4 is 5.73 Å². The Balaban J connectivity index is 2.27. The Hall–Kier alpha value is -2.17. The largest absolute Gasteiger partial charge is 0.366 e. The smallest absolute Gasteiger partial charge is 0.241 e. The highest BCUT2D eigenvalue weighted by atomic mass is 16.1. The number of H-pyrrole nitrogens is 1. The molecular formula is C15H20N4O. The molecule has 0 spiro atoms. The van der Waals surface area contributed by atoms with Gasteiger partial charge in [-0.25, -0.2) is 9.97 Å². The van der Waals surface area contributed by atoms with Crippen LogP contribution >= 0.6 is 0 Å². The zero-order chi connectivity index (χ0) is 14.8. The molecule has 0 saturated carbocycles. The number of hydrogen-bond acceptors (Lipinski definition) is 3. The molecule has 0 unspecified atom stereocenters. The van der Waals surface area contributed by atoms with E-state index in [1.807, 2.05) is 0 Å². The first kappa shape index (κ1) is 14.2. The second-order valence-corrected chi connectivity index (χ2v) is 6.10. The van der Waals surface area contributed by atoms with E-state index in [4.69, 9.17) is 5.73 Å². The molecule has 0 atom stereocenters. The summed E-state index contributed by atoms with van der Waals surface area (Å²) in [6.45, 7) is 6.61. The summed E-state index contributed by atoms with van der Waals surface area (Å²) >= 11 is 0. The first-order valence-corrected chi connectivity index (χ1v) is 6.66. The van der Waals surface area contributed by atoms with Gasteiger partial charge < -0.3 is 10.7 Å². The van der Waals surface area contributed by atoms with Crippen LogP contribution in [-0.2, 0) is 11.2 Å². The van der Waals surface area contributed by atoms with Gasteiger partial charge in [0.05, 0.1) is 11.9 Å². The van der Waals surface area contributed by atoms with Crippen LogP contribution in [0.25, 0.3) is 17.2 Å². The highest BCUT2D eigenvalue weighted by Gasteiger charge is 2.12. The first-order valence-electron chi connectivity index (χ1n) is 6.66. The molecular weight excluding hydrogens is 252 g/mol. The number of fused-ring (bicyclic) bond motifs is 1. The molecule has 1 amide bonds. The standard InChI is InChI=1S/C15H20N4O/c1-15(2,3)7-6-11-9-18-14-13(19-11)10(8-17-14)4-5-12(16)20/h4-5,8-9H,6-7H2,1-3H3,(H2,16,20)(H,17,18)/b5-4+. The van der Waals surface area contributed by atoms with Crippen LogP contribution in [0.2, 0.25) is 0 Å². The number of nitrogens with one attached hydrogen (secondary N) is 1. The van der Waals surface area contributed by atoms with Gasteiger partial charge in [-0.05, 0) is 24.3 Å². The van der Waals surface area contributed by atoms with Crippen LogP contribution in [0.4, 0.5) is 0 Å². The van der Waals surface area contributed by atoms with Crippen molar-refractivity contribution in [3.63, 3.8) is 0 Å². The highest BCUT2D eigenvalue weighted by molar-refractivity contribution is 5.93. The molecule has 0 aliphatic heterocycles. The van der Waals surface area contributed by atoms with Crippen molar-refractivity contribution in [2.45, 2.75) is 33.6 Å². The molecule has 2 rings (SSSR count). The van der Waals surface area contributed by atoms with Gasteiger partial charge in [0, 0.05) is 17.8 Å². The lowest BCUT2D eigenvalue weighted by molar-refractivity contribution is -0.113. The zero-order valence-electron chi connectivity index (χ0n) is 12.1. The summed E-state index contributed by atoms with van der Waals surface area (Å²) in [5.41, 5.74) is 8.64. The van der Waals surface area contributed by atoms with E-state index in [-0.39, 0.29) is 5.41 Å². The molecule has 106 valence electrons. The number of carbonyl (C=O) groups is 1. The zero-order valence-corrected chi connectivity index (χ0v) is 12.1. The Morgan fingerprint density at radius 1 is 1.45 bits per heavy atom. The van der Waals surface area contributed by atoms with Crippen LogP contribution in [-0.4, -0.2) is 20.9 Å². The summed E-state index contributed by atoms with van der Waals surface area (Å²) in [5, 5.41) is 0. The SMILES string of the molecule is CC(C)(C)CCc1cnc2[nH]cc(/C=C/C(N)=O)c2n1. The lowest BCUT2D eigenvalue weighted by atomic mass is 9.90. The molecule has 0 aliphatic rings. The Labute approximate surface area is 118 Å². The van der Waals surface area contributed by atoms with E-state index in [2.05, 4.69) is 35.7 Å². The minimum atomic E-state index is -0.476. The Morgan fingerprint density at radius 3 is 2.85 bits per heavy atom. The minimum absolute atomic E-state index is 0.267. The maximum Gasteiger partial charge on any atom is 0.241 e. The van der Waals surface area contributed by atoms with Crippen molar-refractivity contribution in [1.29, 1.82) is 0 Å². The molecule has 20 heavy (non-hydrogen) atoms. The summed E-state index contributed by atoms with van der Waals surface area (Å²) in [5.74, 6) is -0.476. The van der Waals surface area contributed by atoms with Crippen LogP contribution in [0, 0.1) is 5.41 Å². The van der Waals surface area contributed by atoms with Crippen molar-refractivity contribution >= 4 is 23.1 Å². The van der Waals surface area contributed by atoms with Crippen molar-refractivity contribution in [2.24, 2.45) is 11.1 Å². The van der Waals surface area contributed by atoms with Gasteiger partial charge >= 0.3 is 0 Å². The van der Waals surface area contributed by atoms with Crippen molar-refractivity contribution < 1.29 is 4.79 Å². The van der Waals surface area contributed by atoms with Gasteiger partial charge in [0.25, 0.3) is 0 Å². The third kappa shape index (κ3) is 3.66. The lowest BCUT2D eigenvalue weighted by Gasteiger charge is -2.17. The number of aryl methyl sites for hydroxylation is 1. The van der Waals surface area contributed by atoms with Crippen molar-refractivity contribution in [3.05, 3.63) is 29.7 Å². The molecule has 5 nitrogen and oxygen atoms in total. The monoisotopic (exact) mass is 272 g/mol. The molecule has 0 fully saturated rings. The van der Waals surface area contributed by atoms with Gasteiger partial charge in [-0.2, -0.15) is 0 Å². The summed E-state index contributed by atoms with van der Waals surface area (Å²) in [6, 6.07) is 0. The minimum Gasteiger partial charge on any atom is -0.366 e. The molecule has 2 aromatic rings. The molecule has 0 aromatic carbocycles. The number of amides is 1. The number of rotatable bonds is 4. The number of hydrogen-bond donors (Lipinski definition) is 2. The van der Waals surface area contributed by atoms with Gasteiger partial charge in [-0.3, -0.25) is 4.79 Å².